The van der Waals surface area contributed by atoms with Crippen LogP contribution in [0.25, 0.3) is 0 Å². The zero-order chi connectivity index (χ0) is 20.5. The minimum Gasteiger partial charge on any atom is -0.272 e. The molecule has 1 aliphatic heterocycles. The number of aryl methyl sites for hydroxylation is 3. The first-order chi connectivity index (χ1) is 13.9. The fourth-order valence-electron chi connectivity index (χ4n) is 2.99. The highest BCUT2D eigenvalue weighted by atomic mass is 35.5. The SMILES string of the molecule is Cc1ccc([C@@H]2CONC(c3c(Sc4ccc(C)c(Cl)c4)nnc(C)c3C)=N2)s1. The number of hydrogen-bond acceptors (Lipinski definition) is 7. The smallest absolute Gasteiger partial charge is 0.156 e. The van der Waals surface area contributed by atoms with Gasteiger partial charge in [-0.25, -0.2) is 5.48 Å². The number of benzene rings is 1. The summed E-state index contributed by atoms with van der Waals surface area (Å²) in [7, 11) is 0. The van der Waals surface area contributed by atoms with Crippen LogP contribution in [0.3, 0.4) is 0 Å². The summed E-state index contributed by atoms with van der Waals surface area (Å²) < 4.78 is 0. The quantitative estimate of drug-likeness (QED) is 0.567. The largest absolute Gasteiger partial charge is 0.272 e. The molecule has 3 heterocycles. The van der Waals surface area contributed by atoms with E-state index in [4.69, 9.17) is 21.4 Å². The van der Waals surface area contributed by atoms with E-state index in [1.165, 1.54) is 21.5 Å². The Morgan fingerprint density at radius 2 is 1.97 bits per heavy atom. The van der Waals surface area contributed by atoms with Crippen LogP contribution in [0.1, 0.15) is 38.2 Å². The summed E-state index contributed by atoms with van der Waals surface area (Å²) in [6, 6.07) is 10.2. The lowest BCUT2D eigenvalue weighted by molar-refractivity contribution is 0.0627. The molecule has 1 N–H and O–H groups in total. The summed E-state index contributed by atoms with van der Waals surface area (Å²) in [5.74, 6) is 0.684. The molecule has 1 aromatic carbocycles. The third-order valence-electron chi connectivity index (χ3n) is 4.80. The van der Waals surface area contributed by atoms with Gasteiger partial charge in [0.1, 0.15) is 17.7 Å². The Hall–Kier alpha value is -1.93. The van der Waals surface area contributed by atoms with Gasteiger partial charge in [-0.1, -0.05) is 29.4 Å². The summed E-state index contributed by atoms with van der Waals surface area (Å²) in [6.45, 7) is 8.57. The number of nitrogens with one attached hydrogen (secondary N) is 1. The van der Waals surface area contributed by atoms with Crippen molar-refractivity contribution in [3.05, 3.63) is 67.5 Å². The van der Waals surface area contributed by atoms with Gasteiger partial charge in [0.2, 0.25) is 0 Å². The summed E-state index contributed by atoms with van der Waals surface area (Å²) >= 11 is 9.58. The second kappa shape index (κ2) is 8.44. The van der Waals surface area contributed by atoms with Crippen LogP contribution in [-0.4, -0.2) is 22.6 Å². The van der Waals surface area contributed by atoms with Crippen molar-refractivity contribution in [2.24, 2.45) is 4.99 Å². The molecule has 29 heavy (non-hydrogen) atoms. The van der Waals surface area contributed by atoms with Gasteiger partial charge in [-0.2, -0.15) is 5.10 Å². The third-order valence-corrected chi connectivity index (χ3v) is 7.28. The molecular weight excluding hydrogens is 424 g/mol. The second-order valence-electron chi connectivity index (χ2n) is 6.96. The summed E-state index contributed by atoms with van der Waals surface area (Å²) in [5, 5.41) is 10.3. The second-order valence-corrected chi connectivity index (χ2v) is 9.75. The van der Waals surface area contributed by atoms with E-state index in [0.717, 1.165) is 37.3 Å². The van der Waals surface area contributed by atoms with E-state index in [0.29, 0.717) is 12.4 Å². The number of halogens is 1. The molecule has 150 valence electrons. The van der Waals surface area contributed by atoms with E-state index in [1.54, 1.807) is 11.3 Å². The summed E-state index contributed by atoms with van der Waals surface area (Å²) in [5.41, 5.74) is 6.85. The highest BCUT2D eigenvalue weighted by molar-refractivity contribution is 7.99. The first-order valence-corrected chi connectivity index (χ1v) is 11.2. The molecule has 0 fully saturated rings. The van der Waals surface area contributed by atoms with E-state index in [-0.39, 0.29) is 6.04 Å². The third kappa shape index (κ3) is 4.33. The molecule has 0 spiro atoms. The van der Waals surface area contributed by atoms with Crippen molar-refractivity contribution in [2.75, 3.05) is 6.61 Å². The van der Waals surface area contributed by atoms with Crippen LogP contribution in [-0.2, 0) is 4.84 Å². The molecule has 0 unspecified atom stereocenters. The lowest BCUT2D eigenvalue weighted by atomic mass is 10.1. The Labute approximate surface area is 183 Å². The average molecular weight is 445 g/mol. The minimum atomic E-state index is -0.0375. The van der Waals surface area contributed by atoms with Crippen LogP contribution in [0.4, 0.5) is 0 Å². The number of hydrogen-bond donors (Lipinski definition) is 1. The molecule has 1 atom stereocenters. The van der Waals surface area contributed by atoms with Gasteiger partial charge in [-0.05, 0) is 63.1 Å². The number of aromatic nitrogens is 2. The molecular formula is C21H21ClN4OS2. The number of rotatable bonds is 4. The van der Waals surface area contributed by atoms with Gasteiger partial charge < -0.3 is 0 Å². The van der Waals surface area contributed by atoms with Gasteiger partial charge in [-0.15, -0.1) is 16.4 Å². The van der Waals surface area contributed by atoms with Gasteiger partial charge in [0.05, 0.1) is 11.3 Å². The summed E-state index contributed by atoms with van der Waals surface area (Å²) in [4.78, 5) is 14.1. The average Bonchev–Trinajstić information content (AvgIpc) is 3.14. The van der Waals surface area contributed by atoms with Crippen LogP contribution in [0.15, 0.2) is 45.2 Å². The van der Waals surface area contributed by atoms with E-state index in [1.807, 2.05) is 39.0 Å². The molecule has 2 aromatic heterocycles. The Bertz CT molecular complexity index is 1100. The maximum atomic E-state index is 6.31. The molecule has 0 radical (unpaired) electrons. The lowest BCUT2D eigenvalue weighted by Gasteiger charge is -2.23. The standard InChI is InChI=1S/C21H21ClN4OS2/c1-11-5-7-15(9-16(11)22)29-21-19(13(3)14(4)24-25-21)20-23-17(10-27-26-20)18-8-6-12(2)28-18/h5-9,17H,10H2,1-4H3,(H,23,26)/t17-/m0/s1. The molecule has 0 saturated heterocycles. The van der Waals surface area contributed by atoms with E-state index >= 15 is 0 Å². The van der Waals surface area contributed by atoms with E-state index in [2.05, 4.69) is 34.7 Å². The number of nitrogens with zero attached hydrogens (tertiary/aromatic N) is 3. The van der Waals surface area contributed by atoms with Crippen molar-refractivity contribution < 1.29 is 4.84 Å². The Balaban J connectivity index is 1.74. The number of hydroxylamine groups is 1. The van der Waals surface area contributed by atoms with Crippen molar-refractivity contribution in [3.63, 3.8) is 0 Å². The van der Waals surface area contributed by atoms with Crippen molar-refractivity contribution in [1.82, 2.24) is 15.7 Å². The normalized spacial score (nSPS) is 16.4. The van der Waals surface area contributed by atoms with E-state index < -0.39 is 0 Å². The van der Waals surface area contributed by atoms with Crippen molar-refractivity contribution in [1.29, 1.82) is 0 Å². The molecule has 0 amide bonds. The maximum Gasteiger partial charge on any atom is 0.156 e. The number of amidine groups is 1. The zero-order valence-corrected chi connectivity index (χ0v) is 19.0. The van der Waals surface area contributed by atoms with Crippen LogP contribution < -0.4 is 5.48 Å². The molecule has 4 rings (SSSR count). The summed E-state index contributed by atoms with van der Waals surface area (Å²) in [6.07, 6.45) is 0. The molecule has 0 saturated carbocycles. The zero-order valence-electron chi connectivity index (χ0n) is 16.6. The molecule has 0 bridgehead atoms. The number of aliphatic imine (C=N–C) groups is 1. The van der Waals surface area contributed by atoms with Crippen molar-refractivity contribution in [2.45, 2.75) is 43.7 Å². The fourth-order valence-corrected chi connectivity index (χ4v) is 5.10. The first kappa shape index (κ1) is 20.3. The van der Waals surface area contributed by atoms with Gasteiger partial charge in [0.15, 0.2) is 5.84 Å². The van der Waals surface area contributed by atoms with Crippen molar-refractivity contribution in [3.8, 4) is 0 Å². The molecule has 0 aliphatic carbocycles. The molecule has 5 nitrogen and oxygen atoms in total. The lowest BCUT2D eigenvalue weighted by Crippen LogP contribution is -2.33. The van der Waals surface area contributed by atoms with Crippen LogP contribution in [0.2, 0.25) is 5.02 Å². The van der Waals surface area contributed by atoms with Gasteiger partial charge in [0, 0.05) is 19.7 Å². The molecule has 3 aromatic rings. The first-order valence-electron chi connectivity index (χ1n) is 9.22. The Morgan fingerprint density at radius 1 is 1.14 bits per heavy atom. The van der Waals surface area contributed by atoms with E-state index in [9.17, 15) is 0 Å². The maximum absolute atomic E-state index is 6.31. The highest BCUT2D eigenvalue weighted by Crippen LogP contribution is 2.34. The Morgan fingerprint density at radius 3 is 2.69 bits per heavy atom. The van der Waals surface area contributed by atoms with Gasteiger partial charge >= 0.3 is 0 Å². The number of thiophene rings is 1. The van der Waals surface area contributed by atoms with Crippen LogP contribution >= 0.6 is 34.7 Å². The van der Waals surface area contributed by atoms with Gasteiger partial charge in [0.25, 0.3) is 0 Å². The molecule has 8 heteroatoms. The Kier molecular flexibility index (Phi) is 5.92. The highest BCUT2D eigenvalue weighted by Gasteiger charge is 2.24. The fraction of sp³-hybridized carbons (Fsp3) is 0.286. The van der Waals surface area contributed by atoms with Crippen LogP contribution in [0.5, 0.6) is 0 Å². The predicted molar refractivity (Wildman–Crippen MR) is 119 cm³/mol. The topological polar surface area (TPSA) is 59.4 Å². The van der Waals surface area contributed by atoms with Gasteiger partial charge in [-0.3, -0.25) is 9.83 Å². The molecule has 1 aliphatic rings. The van der Waals surface area contributed by atoms with Crippen LogP contribution in [0, 0.1) is 27.7 Å². The minimum absolute atomic E-state index is 0.0375. The van der Waals surface area contributed by atoms with Crippen molar-refractivity contribution >= 4 is 40.5 Å². The monoisotopic (exact) mass is 444 g/mol. The predicted octanol–water partition coefficient (Wildman–Crippen LogP) is 5.60.